The van der Waals surface area contributed by atoms with Crippen LogP contribution in [0.5, 0.6) is 0 Å². The molecule has 1 unspecified atom stereocenters. The second-order valence-corrected chi connectivity index (χ2v) is 9.07. The molecule has 1 fully saturated rings. The summed E-state index contributed by atoms with van der Waals surface area (Å²) in [7, 11) is 0. The average Bonchev–Trinajstić information content (AvgIpc) is 3.50. The van der Waals surface area contributed by atoms with Crippen LogP contribution >= 0.6 is 0 Å². The first-order chi connectivity index (χ1) is 18.4. The van der Waals surface area contributed by atoms with Crippen LogP contribution < -0.4 is 10.2 Å². The molecule has 1 atom stereocenters. The molecule has 1 N–H and O–H groups in total. The van der Waals surface area contributed by atoms with E-state index in [-0.39, 0.29) is 19.0 Å². The van der Waals surface area contributed by atoms with Crippen LogP contribution in [-0.4, -0.2) is 57.4 Å². The van der Waals surface area contributed by atoms with E-state index in [0.29, 0.717) is 47.4 Å². The van der Waals surface area contributed by atoms with Crippen LogP contribution in [0.25, 0.3) is 22.3 Å². The molecular formula is C27H26F2N6O3. The summed E-state index contributed by atoms with van der Waals surface area (Å²) in [5, 5.41) is 2.62. The summed E-state index contributed by atoms with van der Waals surface area (Å²) in [6.45, 7) is 1.91. The minimum absolute atomic E-state index is 0.201. The van der Waals surface area contributed by atoms with E-state index in [2.05, 4.69) is 20.3 Å². The fourth-order valence-electron chi connectivity index (χ4n) is 4.45. The Morgan fingerprint density at radius 2 is 1.97 bits per heavy atom. The highest BCUT2D eigenvalue weighted by atomic mass is 19.1. The number of fused-ring (bicyclic) bond motifs is 1. The van der Waals surface area contributed by atoms with Crippen molar-refractivity contribution in [3.8, 4) is 11.1 Å². The van der Waals surface area contributed by atoms with Gasteiger partial charge in [-0.15, -0.1) is 0 Å². The molecule has 0 saturated carbocycles. The van der Waals surface area contributed by atoms with Gasteiger partial charge < -0.3 is 14.6 Å². The predicted molar refractivity (Wildman–Crippen MR) is 137 cm³/mol. The zero-order chi connectivity index (χ0) is 26.6. The highest BCUT2D eigenvalue weighted by Gasteiger charge is 2.32. The van der Waals surface area contributed by atoms with Crippen molar-refractivity contribution >= 4 is 28.9 Å². The van der Waals surface area contributed by atoms with Crippen LogP contribution in [0.4, 0.5) is 19.3 Å². The maximum Gasteiger partial charge on any atom is 0.414 e. The Bertz CT molecular complexity index is 1470. The third-order valence-electron chi connectivity index (χ3n) is 6.36. The van der Waals surface area contributed by atoms with Crippen molar-refractivity contribution in [2.75, 3.05) is 24.7 Å². The topological polar surface area (TPSA) is 102 Å². The normalized spacial score (nSPS) is 15.2. The fraction of sp³-hybridized carbons (Fsp3) is 0.296. The summed E-state index contributed by atoms with van der Waals surface area (Å²) < 4.78 is 34.8. The van der Waals surface area contributed by atoms with E-state index < -0.39 is 24.7 Å². The maximum atomic E-state index is 15.1. The van der Waals surface area contributed by atoms with Crippen molar-refractivity contribution < 1.29 is 23.1 Å². The SMILES string of the molecule is CC(=O)NCC1CN(c2ccc(-c3ccc(Cn4cnc5c(CCCF)ncnc54)cc3)c(F)c2)C(=O)O1. The highest BCUT2D eigenvalue weighted by molar-refractivity contribution is 5.90. The number of ether oxygens (including phenoxy) is 1. The Kier molecular flexibility index (Phi) is 7.25. The fourth-order valence-corrected chi connectivity index (χ4v) is 4.45. The van der Waals surface area contributed by atoms with Gasteiger partial charge in [0.05, 0.1) is 44.0 Å². The molecule has 2 aromatic heterocycles. The van der Waals surface area contributed by atoms with Crippen molar-refractivity contribution in [1.29, 1.82) is 0 Å². The van der Waals surface area contributed by atoms with E-state index in [1.165, 1.54) is 24.2 Å². The summed E-state index contributed by atoms with van der Waals surface area (Å²) in [6, 6.07) is 12.1. The molecule has 0 spiro atoms. The second-order valence-electron chi connectivity index (χ2n) is 9.07. The van der Waals surface area contributed by atoms with Gasteiger partial charge in [-0.2, -0.15) is 0 Å². The van der Waals surface area contributed by atoms with Gasteiger partial charge >= 0.3 is 6.09 Å². The smallest absolute Gasteiger partial charge is 0.414 e. The number of imidazole rings is 1. The van der Waals surface area contributed by atoms with E-state index in [1.807, 2.05) is 28.8 Å². The molecule has 9 nitrogen and oxygen atoms in total. The van der Waals surface area contributed by atoms with Gasteiger partial charge in [0.1, 0.15) is 23.8 Å². The summed E-state index contributed by atoms with van der Waals surface area (Å²) >= 11 is 0. The number of halogens is 2. The van der Waals surface area contributed by atoms with Crippen LogP contribution in [0.3, 0.4) is 0 Å². The Morgan fingerprint density at radius 1 is 1.16 bits per heavy atom. The third kappa shape index (κ3) is 5.31. The van der Waals surface area contributed by atoms with E-state index >= 15 is 4.39 Å². The third-order valence-corrected chi connectivity index (χ3v) is 6.36. The monoisotopic (exact) mass is 520 g/mol. The van der Waals surface area contributed by atoms with Gasteiger partial charge in [0.2, 0.25) is 5.91 Å². The number of benzene rings is 2. The average molecular weight is 521 g/mol. The van der Waals surface area contributed by atoms with Gasteiger partial charge in [-0.25, -0.2) is 24.1 Å². The highest BCUT2D eigenvalue weighted by Crippen LogP contribution is 2.29. The number of alkyl halides is 1. The molecule has 0 bridgehead atoms. The number of carbonyl (C=O) groups is 2. The molecule has 1 aliphatic rings. The maximum absolute atomic E-state index is 15.1. The van der Waals surface area contributed by atoms with Gasteiger partial charge in [0.15, 0.2) is 5.65 Å². The van der Waals surface area contributed by atoms with E-state index in [9.17, 15) is 14.0 Å². The standard InChI is InChI=1S/C27H26F2N6O3/c1-17(36)30-12-21-14-35(27(37)38-21)20-8-9-22(23(29)11-20)19-6-4-18(5-7-19)13-34-16-33-25-24(3-2-10-28)31-15-32-26(25)34/h4-9,11,15-16,21H,2-3,10,12-14H2,1H3,(H,30,36). The molecular weight excluding hydrogens is 494 g/mol. The number of hydrogen-bond donors (Lipinski definition) is 1. The van der Waals surface area contributed by atoms with E-state index in [4.69, 9.17) is 4.74 Å². The van der Waals surface area contributed by atoms with Gasteiger partial charge in [-0.05, 0) is 42.2 Å². The lowest BCUT2D eigenvalue weighted by Gasteiger charge is -2.15. The molecule has 4 aromatic rings. The summed E-state index contributed by atoms with van der Waals surface area (Å²) in [6.07, 6.45) is 2.97. The van der Waals surface area contributed by atoms with Gasteiger partial charge in [-0.3, -0.25) is 14.1 Å². The lowest BCUT2D eigenvalue weighted by molar-refractivity contribution is -0.119. The van der Waals surface area contributed by atoms with Crippen molar-refractivity contribution in [3.05, 3.63) is 72.2 Å². The summed E-state index contributed by atoms with van der Waals surface area (Å²) in [5.41, 5.74) is 4.53. The molecule has 1 aliphatic heterocycles. The predicted octanol–water partition coefficient (Wildman–Crippen LogP) is 4.04. The molecule has 2 aromatic carbocycles. The quantitative estimate of drug-likeness (QED) is 0.357. The number of hydrogen-bond acceptors (Lipinski definition) is 6. The minimum atomic E-state index is -0.580. The number of rotatable bonds is 9. The van der Waals surface area contributed by atoms with Crippen LogP contribution in [0.15, 0.2) is 55.1 Å². The summed E-state index contributed by atoms with van der Waals surface area (Å²) in [4.78, 5) is 37.7. The molecule has 1 saturated heterocycles. The van der Waals surface area contributed by atoms with Gasteiger partial charge in [0.25, 0.3) is 0 Å². The molecule has 38 heavy (non-hydrogen) atoms. The van der Waals surface area contributed by atoms with Crippen LogP contribution in [0, 0.1) is 5.82 Å². The number of anilines is 1. The number of carbonyl (C=O) groups excluding carboxylic acids is 2. The molecule has 2 amide bonds. The largest absolute Gasteiger partial charge is 0.442 e. The number of cyclic esters (lactones) is 1. The first kappa shape index (κ1) is 25.2. The Hall–Kier alpha value is -4.41. The number of nitrogens with one attached hydrogen (secondary N) is 1. The second kappa shape index (κ2) is 10.9. The Morgan fingerprint density at radius 3 is 2.71 bits per heavy atom. The lowest BCUT2D eigenvalue weighted by atomic mass is 10.0. The van der Waals surface area contributed by atoms with Crippen molar-refractivity contribution in [1.82, 2.24) is 24.8 Å². The summed E-state index contributed by atoms with van der Waals surface area (Å²) in [5.74, 6) is -0.681. The first-order valence-corrected chi connectivity index (χ1v) is 12.2. The van der Waals surface area contributed by atoms with Gasteiger partial charge in [-0.1, -0.05) is 24.3 Å². The molecule has 11 heteroatoms. The van der Waals surface area contributed by atoms with E-state index in [1.54, 1.807) is 18.5 Å². The number of nitrogens with zero attached hydrogens (tertiary/aromatic N) is 5. The minimum Gasteiger partial charge on any atom is -0.442 e. The van der Waals surface area contributed by atoms with Crippen molar-refractivity contribution in [2.24, 2.45) is 0 Å². The Balaban J connectivity index is 1.28. The molecule has 196 valence electrons. The molecule has 5 rings (SSSR count). The van der Waals surface area contributed by atoms with Crippen molar-refractivity contribution in [2.45, 2.75) is 32.4 Å². The van der Waals surface area contributed by atoms with Crippen LogP contribution in [0.1, 0.15) is 24.6 Å². The van der Waals surface area contributed by atoms with Crippen LogP contribution in [0.2, 0.25) is 0 Å². The zero-order valence-corrected chi connectivity index (χ0v) is 20.7. The zero-order valence-electron chi connectivity index (χ0n) is 20.7. The van der Waals surface area contributed by atoms with Crippen LogP contribution in [-0.2, 0) is 22.5 Å². The number of aromatic nitrogens is 4. The molecule has 0 aliphatic carbocycles. The molecule has 0 radical (unpaired) electrons. The number of aryl methyl sites for hydroxylation is 1. The number of amides is 2. The molecule has 3 heterocycles. The Labute approximate surface area is 217 Å². The van der Waals surface area contributed by atoms with E-state index in [0.717, 1.165) is 11.3 Å². The lowest BCUT2D eigenvalue weighted by Crippen LogP contribution is -2.33. The van der Waals surface area contributed by atoms with Gasteiger partial charge in [0, 0.05) is 12.5 Å². The first-order valence-electron chi connectivity index (χ1n) is 12.2. The van der Waals surface area contributed by atoms with Crippen molar-refractivity contribution in [3.63, 3.8) is 0 Å².